The van der Waals surface area contributed by atoms with Crippen molar-refractivity contribution in [3.8, 4) is 39.4 Å². The molecule has 1 aliphatic carbocycles. The Bertz CT molecular complexity index is 2060. The van der Waals surface area contributed by atoms with Gasteiger partial charge in [0, 0.05) is 45.3 Å². The van der Waals surface area contributed by atoms with Crippen LogP contribution in [0.3, 0.4) is 0 Å². The van der Waals surface area contributed by atoms with E-state index >= 15 is 0 Å². The summed E-state index contributed by atoms with van der Waals surface area (Å²) in [4.78, 5) is 10.4. The molecule has 0 bridgehead atoms. The van der Waals surface area contributed by atoms with E-state index < -0.39 is 0 Å². The summed E-state index contributed by atoms with van der Waals surface area (Å²) < 4.78 is 22.1. The van der Waals surface area contributed by atoms with E-state index in [1.54, 1.807) is 12.3 Å². The van der Waals surface area contributed by atoms with Crippen molar-refractivity contribution in [1.82, 2.24) is 30.4 Å². The lowest BCUT2D eigenvalue weighted by Gasteiger charge is -2.15. The summed E-state index contributed by atoms with van der Waals surface area (Å²) in [7, 11) is 0. The molecule has 3 N–H and O–H groups in total. The zero-order valence-corrected chi connectivity index (χ0v) is 29.2. The van der Waals surface area contributed by atoms with Crippen LogP contribution in [0.25, 0.3) is 55.4 Å². The second-order valence-electron chi connectivity index (χ2n) is 13.4. The maximum atomic E-state index is 14.9. The molecule has 2 fully saturated rings. The van der Waals surface area contributed by atoms with Crippen molar-refractivity contribution in [2.24, 2.45) is 5.92 Å². The number of fused-ring (bicyclic) bond motifs is 2. The van der Waals surface area contributed by atoms with Gasteiger partial charge in [0.15, 0.2) is 0 Å². The van der Waals surface area contributed by atoms with Gasteiger partial charge in [-0.1, -0.05) is 18.9 Å². The quantitative estimate of drug-likeness (QED) is 0.115. The minimum Gasteiger partial charge on any atom is -0.492 e. The largest absolute Gasteiger partial charge is 0.492 e. The number of rotatable bonds is 11. The van der Waals surface area contributed by atoms with Gasteiger partial charge in [-0.3, -0.25) is 15.0 Å². The van der Waals surface area contributed by atoms with Crippen LogP contribution in [-0.4, -0.2) is 57.9 Å². The summed E-state index contributed by atoms with van der Waals surface area (Å²) in [5.41, 5.74) is 8.76. The Hall–Kier alpha value is -3.80. The van der Waals surface area contributed by atoms with Crippen molar-refractivity contribution in [3.05, 3.63) is 88.0 Å². The highest BCUT2D eigenvalue weighted by molar-refractivity contribution is 14.1. The molecule has 0 amide bonds. The standard InChI is InChI=1S/C39H40FIN6O/c40-30-15-29(17-32(19-30)48-12-11-47-9-3-4-10-47)35-23-43-24-38-33(35)20-37(44-38)39-34-18-27(7-8-36(34)45-46-39)28-13-26(14-31(41)16-28)22-42-21-25-5-1-2-6-25/h7-8,13-20,23-25,42,44H,1-6,9-12,21-22H2,(H,45,46). The highest BCUT2D eigenvalue weighted by atomic mass is 127. The third kappa shape index (κ3) is 6.86. The first-order valence-electron chi connectivity index (χ1n) is 17.2. The van der Waals surface area contributed by atoms with E-state index in [2.05, 4.69) is 90.3 Å². The van der Waals surface area contributed by atoms with Crippen LogP contribution in [0.1, 0.15) is 44.1 Å². The minimum atomic E-state index is -0.328. The smallest absolute Gasteiger partial charge is 0.127 e. The molecule has 0 unspecified atom stereocenters. The van der Waals surface area contributed by atoms with Crippen molar-refractivity contribution < 1.29 is 9.13 Å². The predicted octanol–water partition coefficient (Wildman–Crippen LogP) is 8.94. The molecule has 1 saturated carbocycles. The van der Waals surface area contributed by atoms with Crippen LogP contribution in [0, 0.1) is 15.3 Å². The molecule has 6 aromatic rings. The second kappa shape index (κ2) is 14.0. The first-order chi connectivity index (χ1) is 23.6. The van der Waals surface area contributed by atoms with Gasteiger partial charge in [-0.05, 0) is 145 Å². The molecular weight excluding hydrogens is 714 g/mol. The Balaban J connectivity index is 1.06. The van der Waals surface area contributed by atoms with Crippen LogP contribution in [0.4, 0.5) is 4.39 Å². The molecular formula is C39H40FIN6O. The van der Waals surface area contributed by atoms with E-state index in [0.29, 0.717) is 12.4 Å². The fourth-order valence-electron chi connectivity index (χ4n) is 7.46. The summed E-state index contributed by atoms with van der Waals surface area (Å²) >= 11 is 2.42. The van der Waals surface area contributed by atoms with Crippen LogP contribution in [0.2, 0.25) is 0 Å². The van der Waals surface area contributed by atoms with Crippen LogP contribution < -0.4 is 10.1 Å². The Morgan fingerprint density at radius 2 is 1.75 bits per heavy atom. The zero-order chi connectivity index (χ0) is 32.5. The van der Waals surface area contributed by atoms with Gasteiger partial charge in [0.25, 0.3) is 0 Å². The lowest BCUT2D eigenvalue weighted by atomic mass is 10.00. The second-order valence-corrected chi connectivity index (χ2v) is 14.6. The number of H-pyrrole nitrogens is 2. The first-order valence-corrected chi connectivity index (χ1v) is 18.3. The van der Waals surface area contributed by atoms with Crippen LogP contribution in [0.5, 0.6) is 5.75 Å². The van der Waals surface area contributed by atoms with E-state index in [1.807, 2.05) is 12.3 Å². The van der Waals surface area contributed by atoms with E-state index in [4.69, 9.17) is 9.84 Å². The number of pyridine rings is 1. The van der Waals surface area contributed by atoms with E-state index in [1.165, 1.54) is 59.3 Å². The van der Waals surface area contributed by atoms with Gasteiger partial charge in [-0.15, -0.1) is 0 Å². The number of nitrogens with zero attached hydrogens (tertiary/aromatic N) is 3. The summed E-state index contributed by atoms with van der Waals surface area (Å²) in [5, 5.41) is 13.6. The Kier molecular flexibility index (Phi) is 9.16. The summed E-state index contributed by atoms with van der Waals surface area (Å²) in [5.74, 6) is 1.03. The number of benzene rings is 3. The van der Waals surface area contributed by atoms with E-state index in [0.717, 1.165) is 88.5 Å². The van der Waals surface area contributed by atoms with Gasteiger partial charge in [0.2, 0.25) is 0 Å². The topological polar surface area (TPSA) is 81.9 Å². The summed E-state index contributed by atoms with van der Waals surface area (Å²) in [6.45, 7) is 5.58. The lowest BCUT2D eigenvalue weighted by molar-refractivity contribution is 0.237. The number of aromatic amines is 2. The molecule has 3 aromatic carbocycles. The summed E-state index contributed by atoms with van der Waals surface area (Å²) in [6, 6.07) is 20.3. The lowest BCUT2D eigenvalue weighted by Crippen LogP contribution is -2.25. The van der Waals surface area contributed by atoms with Gasteiger partial charge in [-0.25, -0.2) is 4.39 Å². The summed E-state index contributed by atoms with van der Waals surface area (Å²) in [6.07, 6.45) is 11.5. The molecule has 4 heterocycles. The fraction of sp³-hybridized carbons (Fsp3) is 0.333. The van der Waals surface area contributed by atoms with Gasteiger partial charge in [-0.2, -0.15) is 5.10 Å². The van der Waals surface area contributed by atoms with Crippen LogP contribution in [0.15, 0.2) is 73.1 Å². The molecule has 0 atom stereocenters. The number of ether oxygens (including phenoxy) is 1. The van der Waals surface area contributed by atoms with Crippen molar-refractivity contribution in [2.75, 3.05) is 32.8 Å². The Morgan fingerprint density at radius 1 is 0.875 bits per heavy atom. The zero-order valence-electron chi connectivity index (χ0n) is 27.0. The predicted molar refractivity (Wildman–Crippen MR) is 200 cm³/mol. The number of hydrogen-bond donors (Lipinski definition) is 3. The number of nitrogens with one attached hydrogen (secondary N) is 3. The van der Waals surface area contributed by atoms with Crippen LogP contribution in [-0.2, 0) is 6.54 Å². The normalized spacial score (nSPS) is 15.7. The number of hydrogen-bond acceptors (Lipinski definition) is 5. The van der Waals surface area contributed by atoms with Crippen molar-refractivity contribution >= 4 is 44.4 Å². The monoisotopic (exact) mass is 754 g/mol. The maximum absolute atomic E-state index is 14.9. The third-order valence-electron chi connectivity index (χ3n) is 9.95. The molecule has 3 aromatic heterocycles. The molecule has 1 saturated heterocycles. The molecule has 2 aliphatic rings. The number of aromatic nitrogens is 4. The molecule has 246 valence electrons. The first kappa shape index (κ1) is 31.5. The minimum absolute atomic E-state index is 0.328. The number of likely N-dealkylation sites (tertiary alicyclic amines) is 1. The third-order valence-corrected chi connectivity index (χ3v) is 10.6. The average molecular weight is 755 g/mol. The molecule has 48 heavy (non-hydrogen) atoms. The Labute approximate surface area is 293 Å². The Morgan fingerprint density at radius 3 is 2.62 bits per heavy atom. The van der Waals surface area contributed by atoms with Gasteiger partial charge in [0.05, 0.1) is 22.9 Å². The number of halogens is 2. The van der Waals surface area contributed by atoms with Gasteiger partial charge in [0.1, 0.15) is 23.9 Å². The molecule has 7 nitrogen and oxygen atoms in total. The van der Waals surface area contributed by atoms with Crippen molar-refractivity contribution in [2.45, 2.75) is 45.1 Å². The molecule has 0 radical (unpaired) electrons. The molecule has 0 spiro atoms. The highest BCUT2D eigenvalue weighted by Gasteiger charge is 2.17. The van der Waals surface area contributed by atoms with Crippen molar-refractivity contribution in [3.63, 3.8) is 0 Å². The van der Waals surface area contributed by atoms with Crippen molar-refractivity contribution in [1.29, 1.82) is 0 Å². The van der Waals surface area contributed by atoms with Crippen LogP contribution >= 0.6 is 22.6 Å². The highest BCUT2D eigenvalue weighted by Crippen LogP contribution is 2.36. The van der Waals surface area contributed by atoms with Gasteiger partial charge >= 0.3 is 0 Å². The van der Waals surface area contributed by atoms with E-state index in [9.17, 15) is 4.39 Å². The average Bonchev–Trinajstić information content (AvgIpc) is 3.91. The molecule has 1 aliphatic heterocycles. The van der Waals surface area contributed by atoms with E-state index in [-0.39, 0.29) is 5.82 Å². The maximum Gasteiger partial charge on any atom is 0.127 e. The molecule has 8 rings (SSSR count). The SMILES string of the molecule is Fc1cc(OCCN2CCCC2)cc(-c2cncc3[nH]c(-c4n[nH]c5ccc(-c6cc(I)cc(CNCC7CCCC7)c6)cc45)cc23)c1. The fourth-order valence-corrected chi connectivity index (χ4v) is 8.20. The molecule has 9 heteroatoms. The van der Waals surface area contributed by atoms with Gasteiger partial charge < -0.3 is 15.0 Å².